The third kappa shape index (κ3) is 4.48. The van der Waals surface area contributed by atoms with Crippen molar-refractivity contribution >= 4 is 28.8 Å². The predicted molar refractivity (Wildman–Crippen MR) is 87.4 cm³/mol. The third-order valence-electron chi connectivity index (χ3n) is 2.83. The molecule has 0 atom stereocenters. The van der Waals surface area contributed by atoms with E-state index < -0.39 is 0 Å². The van der Waals surface area contributed by atoms with Crippen LogP contribution in [0.3, 0.4) is 0 Å². The topological polar surface area (TPSA) is 38.3 Å². The van der Waals surface area contributed by atoms with Gasteiger partial charge in [0.1, 0.15) is 12.4 Å². The first-order chi connectivity index (χ1) is 9.95. The molecule has 1 aromatic heterocycles. The first kappa shape index (κ1) is 15.9. The van der Waals surface area contributed by atoms with Crippen molar-refractivity contribution in [1.29, 1.82) is 0 Å². The van der Waals surface area contributed by atoms with E-state index in [2.05, 4.69) is 5.32 Å². The molecule has 0 radical (unpaired) electrons. The number of aryl methyl sites for hydroxylation is 1. The summed E-state index contributed by atoms with van der Waals surface area (Å²) in [6, 6.07) is 7.57. The van der Waals surface area contributed by atoms with E-state index in [9.17, 15) is 4.79 Å². The van der Waals surface area contributed by atoms with E-state index in [0.717, 1.165) is 21.9 Å². The summed E-state index contributed by atoms with van der Waals surface area (Å²) < 4.78 is 5.72. The summed E-state index contributed by atoms with van der Waals surface area (Å²) >= 11 is 7.41. The number of carbonyl (C=O) groups is 1. The summed E-state index contributed by atoms with van der Waals surface area (Å²) in [7, 11) is 0. The lowest BCUT2D eigenvalue weighted by Crippen LogP contribution is -2.29. The highest BCUT2D eigenvalue weighted by Crippen LogP contribution is 2.23. The van der Waals surface area contributed by atoms with Crippen LogP contribution in [0.15, 0.2) is 29.6 Å². The largest absolute Gasteiger partial charge is 0.489 e. The van der Waals surface area contributed by atoms with Gasteiger partial charge in [-0.1, -0.05) is 11.6 Å². The highest BCUT2D eigenvalue weighted by molar-refractivity contribution is 7.12. The summed E-state index contributed by atoms with van der Waals surface area (Å²) in [6.07, 6.45) is 0. The Balaban J connectivity index is 1.96. The van der Waals surface area contributed by atoms with Crippen LogP contribution in [-0.4, -0.2) is 11.9 Å². The minimum atomic E-state index is -0.0383. The lowest BCUT2D eigenvalue weighted by Gasteiger charge is -2.07. The highest BCUT2D eigenvalue weighted by atomic mass is 35.5. The fourth-order valence-corrected chi connectivity index (χ4v) is 2.69. The van der Waals surface area contributed by atoms with Gasteiger partial charge in [-0.15, -0.1) is 11.3 Å². The highest BCUT2D eigenvalue weighted by Gasteiger charge is 2.10. The minimum Gasteiger partial charge on any atom is -0.489 e. The van der Waals surface area contributed by atoms with Gasteiger partial charge in [0, 0.05) is 16.6 Å². The van der Waals surface area contributed by atoms with Gasteiger partial charge in [-0.3, -0.25) is 4.79 Å². The molecule has 0 saturated heterocycles. The number of nitrogens with one attached hydrogen (secondary N) is 1. The zero-order chi connectivity index (χ0) is 15.4. The second-order valence-electron chi connectivity index (χ2n) is 5.15. The fraction of sp³-hybridized carbons (Fsp3) is 0.312. The van der Waals surface area contributed by atoms with E-state index in [4.69, 9.17) is 16.3 Å². The van der Waals surface area contributed by atoms with Crippen LogP contribution < -0.4 is 10.1 Å². The average molecular weight is 324 g/mol. The second-order valence-corrected chi connectivity index (χ2v) is 6.47. The Labute approximate surface area is 133 Å². The van der Waals surface area contributed by atoms with Crippen LogP contribution in [0, 0.1) is 6.92 Å². The molecule has 2 rings (SSSR count). The van der Waals surface area contributed by atoms with E-state index >= 15 is 0 Å². The van der Waals surface area contributed by atoms with Crippen molar-refractivity contribution in [2.24, 2.45) is 0 Å². The molecule has 3 nitrogen and oxygen atoms in total. The van der Waals surface area contributed by atoms with Crippen molar-refractivity contribution in [3.05, 3.63) is 50.7 Å². The van der Waals surface area contributed by atoms with Crippen molar-refractivity contribution in [3.8, 4) is 5.75 Å². The number of amides is 1. The molecule has 0 aliphatic rings. The van der Waals surface area contributed by atoms with Gasteiger partial charge in [-0.25, -0.2) is 0 Å². The Kier molecular flexibility index (Phi) is 5.26. The Morgan fingerprint density at radius 1 is 1.38 bits per heavy atom. The van der Waals surface area contributed by atoms with Crippen LogP contribution >= 0.6 is 22.9 Å². The average Bonchev–Trinajstić information content (AvgIpc) is 2.88. The van der Waals surface area contributed by atoms with Crippen LogP contribution in [-0.2, 0) is 6.61 Å². The lowest BCUT2D eigenvalue weighted by molar-refractivity contribution is 0.0947. The number of hydrogen-bond donors (Lipinski definition) is 1. The van der Waals surface area contributed by atoms with Crippen LogP contribution in [0.4, 0.5) is 0 Å². The molecule has 0 aliphatic heterocycles. The van der Waals surface area contributed by atoms with Gasteiger partial charge in [0.2, 0.25) is 0 Å². The lowest BCUT2D eigenvalue weighted by atomic mass is 10.2. The number of benzene rings is 1. The van der Waals surface area contributed by atoms with E-state index in [1.165, 1.54) is 11.3 Å². The summed E-state index contributed by atoms with van der Waals surface area (Å²) in [4.78, 5) is 12.6. The van der Waals surface area contributed by atoms with E-state index in [1.807, 2.05) is 50.4 Å². The van der Waals surface area contributed by atoms with Gasteiger partial charge >= 0.3 is 0 Å². The molecular formula is C16H18ClNO2S. The molecule has 0 spiro atoms. The molecule has 1 N–H and O–H groups in total. The van der Waals surface area contributed by atoms with Crippen LogP contribution in [0.2, 0.25) is 5.02 Å². The molecular weight excluding hydrogens is 306 g/mol. The first-order valence-corrected chi connectivity index (χ1v) is 7.98. The SMILES string of the molecule is Cc1cc(OCc2csc(C(=O)NC(C)C)c2)ccc1Cl. The third-order valence-corrected chi connectivity index (χ3v) is 4.23. The Hall–Kier alpha value is -1.52. The van der Waals surface area contributed by atoms with Gasteiger partial charge in [-0.2, -0.15) is 0 Å². The summed E-state index contributed by atoms with van der Waals surface area (Å²) in [5.41, 5.74) is 1.97. The summed E-state index contributed by atoms with van der Waals surface area (Å²) in [5.74, 6) is 0.736. The van der Waals surface area contributed by atoms with Gasteiger partial charge in [-0.05, 0) is 56.0 Å². The molecule has 1 amide bonds. The maximum Gasteiger partial charge on any atom is 0.261 e. The van der Waals surface area contributed by atoms with Crippen LogP contribution in [0.25, 0.3) is 0 Å². The van der Waals surface area contributed by atoms with Crippen molar-refractivity contribution in [1.82, 2.24) is 5.32 Å². The Bertz CT molecular complexity index is 637. The second kappa shape index (κ2) is 6.96. The Morgan fingerprint density at radius 2 is 2.14 bits per heavy atom. The number of thiophene rings is 1. The summed E-state index contributed by atoms with van der Waals surface area (Å²) in [6.45, 7) is 6.26. The van der Waals surface area contributed by atoms with Gasteiger partial charge in [0.05, 0.1) is 4.88 Å². The zero-order valence-electron chi connectivity index (χ0n) is 12.3. The fourth-order valence-electron chi connectivity index (χ4n) is 1.78. The predicted octanol–water partition coefficient (Wildman–Crippen LogP) is 4.43. The zero-order valence-corrected chi connectivity index (χ0v) is 13.8. The molecule has 0 saturated carbocycles. The molecule has 2 aromatic rings. The maximum atomic E-state index is 11.9. The number of carbonyl (C=O) groups excluding carboxylic acids is 1. The van der Waals surface area contributed by atoms with E-state index in [-0.39, 0.29) is 11.9 Å². The minimum absolute atomic E-state index is 0.0383. The molecule has 5 heteroatoms. The normalized spacial score (nSPS) is 10.7. The molecule has 1 heterocycles. The molecule has 0 fully saturated rings. The molecule has 1 aromatic carbocycles. The van der Waals surface area contributed by atoms with Gasteiger partial charge in [0.15, 0.2) is 0 Å². The maximum absolute atomic E-state index is 11.9. The van der Waals surface area contributed by atoms with Gasteiger partial charge in [0.25, 0.3) is 5.91 Å². The smallest absolute Gasteiger partial charge is 0.261 e. The van der Waals surface area contributed by atoms with Crippen molar-refractivity contribution < 1.29 is 9.53 Å². The molecule has 0 unspecified atom stereocenters. The quantitative estimate of drug-likeness (QED) is 0.884. The Morgan fingerprint density at radius 3 is 2.81 bits per heavy atom. The summed E-state index contributed by atoms with van der Waals surface area (Å²) in [5, 5.41) is 5.55. The molecule has 112 valence electrons. The van der Waals surface area contributed by atoms with Crippen molar-refractivity contribution in [2.75, 3.05) is 0 Å². The first-order valence-electron chi connectivity index (χ1n) is 6.73. The van der Waals surface area contributed by atoms with Crippen molar-refractivity contribution in [3.63, 3.8) is 0 Å². The standard InChI is InChI=1S/C16H18ClNO2S/c1-10(2)18-16(19)15-7-12(9-21-15)8-20-13-4-5-14(17)11(3)6-13/h4-7,9-10H,8H2,1-3H3,(H,18,19). The van der Waals surface area contributed by atoms with Gasteiger partial charge < -0.3 is 10.1 Å². The van der Waals surface area contributed by atoms with E-state index in [1.54, 1.807) is 0 Å². The molecule has 0 aliphatic carbocycles. The molecule has 21 heavy (non-hydrogen) atoms. The van der Waals surface area contributed by atoms with Crippen LogP contribution in [0.5, 0.6) is 5.75 Å². The van der Waals surface area contributed by atoms with Crippen molar-refractivity contribution in [2.45, 2.75) is 33.4 Å². The number of ether oxygens (including phenoxy) is 1. The monoisotopic (exact) mass is 323 g/mol. The number of halogens is 1. The van der Waals surface area contributed by atoms with E-state index in [0.29, 0.717) is 11.5 Å². The van der Waals surface area contributed by atoms with Crippen LogP contribution in [0.1, 0.15) is 34.6 Å². The number of rotatable bonds is 5. The number of hydrogen-bond acceptors (Lipinski definition) is 3. The molecule has 0 bridgehead atoms.